The predicted molar refractivity (Wildman–Crippen MR) is 102 cm³/mol. The van der Waals surface area contributed by atoms with Crippen LogP contribution in [0.1, 0.15) is 48.2 Å². The minimum absolute atomic E-state index is 0.00237. The Morgan fingerprint density at radius 1 is 1.04 bits per heavy atom. The van der Waals surface area contributed by atoms with Crippen molar-refractivity contribution in [2.75, 3.05) is 0 Å². The van der Waals surface area contributed by atoms with Crippen molar-refractivity contribution in [2.24, 2.45) is 5.92 Å². The smallest absolute Gasteiger partial charge is 0.309 e. The van der Waals surface area contributed by atoms with E-state index in [-0.39, 0.29) is 29.0 Å². The summed E-state index contributed by atoms with van der Waals surface area (Å²) in [6, 6.07) is 10.6. The Bertz CT molecular complexity index is 921. The van der Waals surface area contributed by atoms with Crippen LogP contribution in [-0.4, -0.2) is 25.3 Å². The lowest BCUT2D eigenvalue weighted by Crippen LogP contribution is -2.30. The fraction of sp³-hybridized carbons (Fsp3) is 0.350. The van der Waals surface area contributed by atoms with Gasteiger partial charge in [0.25, 0.3) is 15.9 Å². The molecule has 7 nitrogen and oxygen atoms in total. The normalized spacial score (nSPS) is 15.0. The van der Waals surface area contributed by atoms with E-state index in [1.54, 1.807) is 18.2 Å². The molecule has 1 aromatic carbocycles. The van der Waals surface area contributed by atoms with E-state index in [1.165, 1.54) is 30.5 Å². The third-order valence-corrected chi connectivity index (χ3v) is 6.02. The van der Waals surface area contributed by atoms with Crippen molar-refractivity contribution in [3.8, 4) is 0 Å². The first-order valence-electron chi connectivity index (χ1n) is 9.19. The van der Waals surface area contributed by atoms with E-state index < -0.39 is 15.9 Å². The van der Waals surface area contributed by atoms with Crippen LogP contribution in [0.15, 0.2) is 53.6 Å². The molecular weight excluding hydrogens is 380 g/mol. The van der Waals surface area contributed by atoms with Gasteiger partial charge in [-0.25, -0.2) is 13.1 Å². The number of amides is 1. The van der Waals surface area contributed by atoms with E-state index >= 15 is 0 Å². The zero-order valence-electron chi connectivity index (χ0n) is 15.3. The molecular formula is C20H22N2O5S. The van der Waals surface area contributed by atoms with E-state index in [9.17, 15) is 18.0 Å². The van der Waals surface area contributed by atoms with Gasteiger partial charge in [0.2, 0.25) is 0 Å². The van der Waals surface area contributed by atoms with E-state index in [0.29, 0.717) is 5.69 Å². The summed E-state index contributed by atoms with van der Waals surface area (Å²) >= 11 is 0. The van der Waals surface area contributed by atoms with Crippen molar-refractivity contribution in [3.63, 3.8) is 0 Å². The van der Waals surface area contributed by atoms with Gasteiger partial charge in [-0.15, -0.1) is 0 Å². The maximum Gasteiger partial charge on any atom is 0.309 e. The van der Waals surface area contributed by atoms with E-state index in [2.05, 4.69) is 4.98 Å². The number of benzene rings is 1. The molecule has 28 heavy (non-hydrogen) atoms. The first kappa shape index (κ1) is 20.0. The molecule has 1 fully saturated rings. The summed E-state index contributed by atoms with van der Waals surface area (Å²) in [4.78, 5) is 28.3. The van der Waals surface area contributed by atoms with Gasteiger partial charge in [-0.05, 0) is 37.1 Å². The minimum atomic E-state index is -3.95. The largest absolute Gasteiger partial charge is 0.459 e. The molecule has 1 saturated carbocycles. The lowest BCUT2D eigenvalue weighted by atomic mass is 9.89. The number of sulfonamides is 1. The van der Waals surface area contributed by atoms with Gasteiger partial charge in [-0.2, -0.15) is 0 Å². The van der Waals surface area contributed by atoms with Crippen LogP contribution in [0.4, 0.5) is 0 Å². The predicted octanol–water partition coefficient (Wildman–Crippen LogP) is 2.82. The van der Waals surface area contributed by atoms with Crippen molar-refractivity contribution >= 4 is 21.9 Å². The summed E-state index contributed by atoms with van der Waals surface area (Å²) in [5.41, 5.74) is 0.591. The second kappa shape index (κ2) is 8.97. The van der Waals surface area contributed by atoms with Crippen LogP contribution in [0.3, 0.4) is 0 Å². The fourth-order valence-corrected chi connectivity index (χ4v) is 4.08. The Labute approximate surface area is 164 Å². The van der Waals surface area contributed by atoms with Gasteiger partial charge >= 0.3 is 5.97 Å². The molecule has 0 saturated heterocycles. The van der Waals surface area contributed by atoms with Crippen molar-refractivity contribution in [1.29, 1.82) is 0 Å². The number of hydrogen-bond donors (Lipinski definition) is 1. The molecule has 0 radical (unpaired) electrons. The maximum absolute atomic E-state index is 12.2. The summed E-state index contributed by atoms with van der Waals surface area (Å²) in [7, 11) is -3.95. The molecule has 0 bridgehead atoms. The number of carbonyl (C=O) groups is 2. The highest BCUT2D eigenvalue weighted by Crippen LogP contribution is 2.24. The quantitative estimate of drug-likeness (QED) is 0.746. The first-order chi connectivity index (χ1) is 13.5. The Morgan fingerprint density at radius 3 is 2.39 bits per heavy atom. The maximum atomic E-state index is 12.2. The topological polar surface area (TPSA) is 102 Å². The highest BCUT2D eigenvalue weighted by Gasteiger charge is 2.23. The standard InChI is InChI=1S/C20H22N2O5S/c23-19(22-28(25,26)18-9-5-2-6-10-18)16-11-12-17(21-13-16)14-27-20(24)15-7-3-1-4-8-15/h2,5-6,9-13,15H,1,3-4,7-8,14H2,(H,22,23). The van der Waals surface area contributed by atoms with Crippen LogP contribution in [0.25, 0.3) is 0 Å². The number of nitrogens with zero attached hydrogens (tertiary/aromatic N) is 1. The lowest BCUT2D eigenvalue weighted by Gasteiger charge is -2.19. The molecule has 0 aliphatic heterocycles. The van der Waals surface area contributed by atoms with Gasteiger partial charge in [-0.1, -0.05) is 37.5 Å². The van der Waals surface area contributed by atoms with Gasteiger partial charge < -0.3 is 4.74 Å². The molecule has 1 aromatic heterocycles. The van der Waals surface area contributed by atoms with Gasteiger partial charge in [0, 0.05) is 6.20 Å². The lowest BCUT2D eigenvalue weighted by molar-refractivity contribution is -0.151. The highest BCUT2D eigenvalue weighted by molar-refractivity contribution is 7.90. The molecule has 2 aromatic rings. The summed E-state index contributed by atoms with van der Waals surface area (Å²) < 4.78 is 31.7. The zero-order valence-corrected chi connectivity index (χ0v) is 16.2. The number of rotatable bonds is 6. The number of pyridine rings is 1. The molecule has 1 N–H and O–H groups in total. The third kappa shape index (κ3) is 5.16. The van der Waals surface area contributed by atoms with Crippen LogP contribution >= 0.6 is 0 Å². The second-order valence-corrected chi connectivity index (χ2v) is 8.41. The van der Waals surface area contributed by atoms with Crippen LogP contribution < -0.4 is 4.72 Å². The Kier molecular flexibility index (Phi) is 6.41. The molecule has 1 amide bonds. The second-order valence-electron chi connectivity index (χ2n) is 6.73. The van der Waals surface area contributed by atoms with Gasteiger partial charge in [0.15, 0.2) is 0 Å². The number of nitrogens with one attached hydrogen (secondary N) is 1. The number of ether oxygens (including phenoxy) is 1. The molecule has 1 aliphatic carbocycles. The third-order valence-electron chi connectivity index (χ3n) is 4.67. The van der Waals surface area contributed by atoms with Crippen molar-refractivity contribution < 1.29 is 22.7 Å². The molecule has 1 heterocycles. The van der Waals surface area contributed by atoms with E-state index in [0.717, 1.165) is 32.1 Å². The average Bonchev–Trinajstić information content (AvgIpc) is 2.73. The van der Waals surface area contributed by atoms with E-state index in [1.807, 2.05) is 4.72 Å². The monoisotopic (exact) mass is 402 g/mol. The Balaban J connectivity index is 1.56. The van der Waals surface area contributed by atoms with Crippen molar-refractivity contribution in [2.45, 2.75) is 43.6 Å². The highest BCUT2D eigenvalue weighted by atomic mass is 32.2. The van der Waals surface area contributed by atoms with Crippen LogP contribution in [0.5, 0.6) is 0 Å². The zero-order chi connectivity index (χ0) is 20.0. The summed E-state index contributed by atoms with van der Waals surface area (Å²) in [5, 5.41) is 0. The summed E-state index contributed by atoms with van der Waals surface area (Å²) in [6.45, 7) is 0.0273. The van der Waals surface area contributed by atoms with Gasteiger partial charge in [0.1, 0.15) is 6.61 Å². The van der Waals surface area contributed by atoms with Crippen LogP contribution in [0, 0.1) is 5.92 Å². The molecule has 0 atom stereocenters. The van der Waals surface area contributed by atoms with Gasteiger partial charge in [-0.3, -0.25) is 14.6 Å². The van der Waals surface area contributed by atoms with Crippen LogP contribution in [0.2, 0.25) is 0 Å². The number of aromatic nitrogens is 1. The Hall–Kier alpha value is -2.74. The van der Waals surface area contributed by atoms with E-state index in [4.69, 9.17) is 4.74 Å². The summed E-state index contributed by atoms with van der Waals surface area (Å²) in [5.74, 6) is -1.03. The summed E-state index contributed by atoms with van der Waals surface area (Å²) in [6.07, 6.45) is 6.25. The Morgan fingerprint density at radius 2 is 1.75 bits per heavy atom. The van der Waals surface area contributed by atoms with Crippen LogP contribution in [-0.2, 0) is 26.2 Å². The minimum Gasteiger partial charge on any atom is -0.459 e. The molecule has 1 aliphatic rings. The molecule has 0 unspecified atom stereocenters. The van der Waals surface area contributed by atoms with Crippen molar-refractivity contribution in [3.05, 3.63) is 59.9 Å². The number of carbonyl (C=O) groups excluding carboxylic acids is 2. The van der Waals surface area contributed by atoms with Gasteiger partial charge in [0.05, 0.1) is 22.1 Å². The fourth-order valence-electron chi connectivity index (χ4n) is 3.08. The molecule has 148 valence electrons. The average molecular weight is 402 g/mol. The SMILES string of the molecule is O=C(NS(=O)(=O)c1ccccc1)c1ccc(COC(=O)C2CCCCC2)nc1. The first-order valence-corrected chi connectivity index (χ1v) is 10.7. The number of esters is 1. The van der Waals surface area contributed by atoms with Crippen molar-refractivity contribution in [1.82, 2.24) is 9.71 Å². The molecule has 0 spiro atoms. The molecule has 8 heteroatoms. The molecule has 3 rings (SSSR count). The number of hydrogen-bond acceptors (Lipinski definition) is 6.